The Hall–Kier alpha value is -1.70. The average molecular weight is 473 g/mol. The van der Waals surface area contributed by atoms with Crippen LogP contribution < -0.4 is 0 Å². The van der Waals surface area contributed by atoms with Crippen molar-refractivity contribution >= 4 is 17.4 Å². The zero-order chi connectivity index (χ0) is 25.4. The van der Waals surface area contributed by atoms with Crippen molar-refractivity contribution in [1.29, 1.82) is 0 Å². The summed E-state index contributed by atoms with van der Waals surface area (Å²) in [5.74, 6) is 7.27. The molecule has 1 aromatic rings. The van der Waals surface area contributed by atoms with Gasteiger partial charge in [0, 0.05) is 16.9 Å². The van der Waals surface area contributed by atoms with E-state index in [1.807, 2.05) is 19.9 Å². The topological polar surface area (TPSA) is 0 Å². The highest BCUT2D eigenvalue weighted by Crippen LogP contribution is 2.39. The Morgan fingerprint density at radius 2 is 1.76 bits per heavy atom. The van der Waals surface area contributed by atoms with E-state index in [9.17, 15) is 4.39 Å². The Bertz CT molecular complexity index is 767. The van der Waals surface area contributed by atoms with Gasteiger partial charge in [-0.15, -0.1) is 24.7 Å². The number of hydrogen-bond acceptors (Lipinski definition) is 0. The molecule has 0 aromatic heterocycles. The maximum absolute atomic E-state index is 13.0. The molecule has 0 saturated heterocycles. The lowest BCUT2D eigenvalue weighted by atomic mass is 9.79. The lowest BCUT2D eigenvalue weighted by Crippen LogP contribution is -2.17. The maximum atomic E-state index is 13.0. The number of benzene rings is 1. The highest BCUT2D eigenvalue weighted by molar-refractivity contribution is 6.32. The van der Waals surface area contributed by atoms with Crippen LogP contribution in [0, 0.1) is 47.9 Å². The quantitative estimate of drug-likeness (QED) is 0.273. The van der Waals surface area contributed by atoms with Crippen LogP contribution in [0.3, 0.4) is 0 Å². The first-order valence-corrected chi connectivity index (χ1v) is 13.1. The van der Waals surface area contributed by atoms with E-state index in [0.29, 0.717) is 16.5 Å². The summed E-state index contributed by atoms with van der Waals surface area (Å²) in [6.07, 6.45) is 21.5. The molecule has 1 saturated carbocycles. The summed E-state index contributed by atoms with van der Waals surface area (Å²) in [6.45, 7) is 16.3. The van der Waals surface area contributed by atoms with E-state index in [1.54, 1.807) is 12.1 Å². The van der Waals surface area contributed by atoms with Crippen LogP contribution in [0.4, 0.5) is 4.39 Å². The summed E-state index contributed by atoms with van der Waals surface area (Å²) >= 11 is 6.02. The molecule has 1 aliphatic carbocycles. The number of halogens is 2. The smallest absolute Gasteiger partial charge is 0.124 e. The van der Waals surface area contributed by atoms with Gasteiger partial charge in [-0.05, 0) is 62.5 Å². The molecule has 0 radical (unpaired) electrons. The van der Waals surface area contributed by atoms with Gasteiger partial charge >= 0.3 is 0 Å². The zero-order valence-corrected chi connectivity index (χ0v) is 22.7. The second-order valence-electron chi connectivity index (χ2n) is 9.66. The fraction of sp³-hybridized carbons (Fsp3) is 0.613. The van der Waals surface area contributed by atoms with E-state index in [4.69, 9.17) is 24.4 Å². The van der Waals surface area contributed by atoms with Crippen LogP contribution in [-0.4, -0.2) is 0 Å². The van der Waals surface area contributed by atoms with Crippen molar-refractivity contribution in [1.82, 2.24) is 0 Å². The van der Waals surface area contributed by atoms with Gasteiger partial charge < -0.3 is 0 Å². The van der Waals surface area contributed by atoms with Crippen molar-refractivity contribution in [2.45, 2.75) is 99.3 Å². The molecule has 1 aliphatic rings. The SMILES string of the molecule is C#CC(CCCC)CCc1ccc(C(=C)F)c(Cl)c1.C#CC1(C)CC(C)CCC(C)C1.CC. The number of aryl methyl sites for hydroxylation is 1. The molecule has 3 atom stereocenters. The van der Waals surface area contributed by atoms with Gasteiger partial charge in [0.05, 0.1) is 5.02 Å². The molecule has 0 spiro atoms. The first-order chi connectivity index (χ1) is 15.6. The van der Waals surface area contributed by atoms with Crippen molar-refractivity contribution in [3.05, 3.63) is 40.9 Å². The molecular weight excluding hydrogens is 427 g/mol. The minimum absolute atomic E-state index is 0.176. The van der Waals surface area contributed by atoms with Gasteiger partial charge in [-0.1, -0.05) is 90.6 Å². The van der Waals surface area contributed by atoms with Crippen LogP contribution in [0.1, 0.15) is 104 Å². The molecule has 0 heterocycles. The molecule has 2 rings (SSSR count). The third-order valence-electron chi connectivity index (χ3n) is 6.35. The molecule has 33 heavy (non-hydrogen) atoms. The summed E-state index contributed by atoms with van der Waals surface area (Å²) in [6, 6.07) is 5.37. The number of hydrogen-bond donors (Lipinski definition) is 0. The third kappa shape index (κ3) is 12.4. The Morgan fingerprint density at radius 3 is 2.18 bits per heavy atom. The van der Waals surface area contributed by atoms with Gasteiger partial charge in [-0.2, -0.15) is 0 Å². The van der Waals surface area contributed by atoms with Gasteiger partial charge in [0.2, 0.25) is 0 Å². The zero-order valence-electron chi connectivity index (χ0n) is 21.9. The van der Waals surface area contributed by atoms with Gasteiger partial charge in [0.15, 0.2) is 0 Å². The largest absolute Gasteiger partial charge is 0.207 e. The summed E-state index contributed by atoms with van der Waals surface area (Å²) in [4.78, 5) is 0. The fourth-order valence-corrected chi connectivity index (χ4v) is 4.85. The number of unbranched alkanes of at least 4 members (excludes halogenated alkanes) is 1. The van der Waals surface area contributed by atoms with Gasteiger partial charge in [0.25, 0.3) is 0 Å². The van der Waals surface area contributed by atoms with E-state index in [1.165, 1.54) is 25.7 Å². The van der Waals surface area contributed by atoms with Crippen LogP contribution >= 0.6 is 11.6 Å². The lowest BCUT2D eigenvalue weighted by molar-refractivity contribution is 0.313. The van der Waals surface area contributed by atoms with Gasteiger partial charge in [0.1, 0.15) is 5.83 Å². The van der Waals surface area contributed by atoms with E-state index < -0.39 is 5.83 Å². The molecule has 2 heteroatoms. The Morgan fingerprint density at radius 1 is 1.18 bits per heavy atom. The molecule has 1 aromatic carbocycles. The van der Waals surface area contributed by atoms with Crippen molar-refractivity contribution in [2.24, 2.45) is 23.2 Å². The van der Waals surface area contributed by atoms with Crippen LogP contribution in [0.5, 0.6) is 0 Å². The van der Waals surface area contributed by atoms with Gasteiger partial charge in [-0.25, -0.2) is 4.39 Å². The van der Waals surface area contributed by atoms with Crippen LogP contribution in [-0.2, 0) is 6.42 Å². The van der Waals surface area contributed by atoms with Crippen LogP contribution in [0.25, 0.3) is 5.83 Å². The minimum atomic E-state index is -0.499. The molecule has 0 aliphatic heterocycles. The summed E-state index contributed by atoms with van der Waals surface area (Å²) < 4.78 is 13.0. The first kappa shape index (κ1) is 31.3. The standard InChI is InChI=1S/C17H20ClF.C12H20.C2H6/c1-4-6-7-14(5-2)8-9-15-10-11-16(13(3)19)17(18)12-15;1-5-12(4)8-10(2)6-7-11(3)9-12;1-2/h2,10-12,14H,3-4,6-9H2,1H3;1,10-11H,6-9H2,2-4H3;1-2H3. The van der Waals surface area contributed by atoms with Crippen molar-refractivity contribution in [3.8, 4) is 24.7 Å². The van der Waals surface area contributed by atoms with Crippen molar-refractivity contribution in [3.63, 3.8) is 0 Å². The van der Waals surface area contributed by atoms with Crippen molar-refractivity contribution in [2.75, 3.05) is 0 Å². The van der Waals surface area contributed by atoms with Gasteiger partial charge in [-0.3, -0.25) is 0 Å². The average Bonchev–Trinajstić information content (AvgIpc) is 2.92. The number of terminal acetylenes is 2. The summed E-state index contributed by atoms with van der Waals surface area (Å²) in [5, 5.41) is 0.413. The summed E-state index contributed by atoms with van der Waals surface area (Å²) in [5.41, 5.74) is 1.63. The Labute approximate surface area is 209 Å². The monoisotopic (exact) mass is 472 g/mol. The molecule has 1 fully saturated rings. The predicted molar refractivity (Wildman–Crippen MR) is 147 cm³/mol. The van der Waals surface area contributed by atoms with E-state index in [-0.39, 0.29) is 5.41 Å². The number of rotatable bonds is 7. The molecule has 184 valence electrons. The molecule has 0 nitrogen and oxygen atoms in total. The van der Waals surface area contributed by atoms with E-state index >= 15 is 0 Å². The molecule has 0 bridgehead atoms. The highest BCUT2D eigenvalue weighted by Gasteiger charge is 2.29. The molecule has 0 N–H and O–H groups in total. The van der Waals surface area contributed by atoms with E-state index in [2.05, 4.69) is 46.1 Å². The second kappa shape index (κ2) is 16.8. The van der Waals surface area contributed by atoms with Crippen LogP contribution in [0.15, 0.2) is 24.8 Å². The van der Waals surface area contributed by atoms with E-state index in [0.717, 1.165) is 49.5 Å². The second-order valence-corrected chi connectivity index (χ2v) is 10.1. The van der Waals surface area contributed by atoms with Crippen LogP contribution in [0.2, 0.25) is 5.02 Å². The fourth-order valence-electron chi connectivity index (χ4n) is 4.55. The summed E-state index contributed by atoms with van der Waals surface area (Å²) in [7, 11) is 0. The Balaban J connectivity index is 0.000000627. The minimum Gasteiger partial charge on any atom is -0.207 e. The molecule has 3 unspecified atom stereocenters. The third-order valence-corrected chi connectivity index (χ3v) is 6.66. The highest BCUT2D eigenvalue weighted by atomic mass is 35.5. The molecular formula is C31H46ClF. The predicted octanol–water partition coefficient (Wildman–Crippen LogP) is 10.2. The lowest BCUT2D eigenvalue weighted by Gasteiger charge is -2.25. The molecule has 0 amide bonds. The Kier molecular flexibility index (Phi) is 16.0. The first-order valence-electron chi connectivity index (χ1n) is 12.7. The maximum Gasteiger partial charge on any atom is 0.124 e. The normalized spacial score (nSPS) is 22.7. The van der Waals surface area contributed by atoms with Crippen molar-refractivity contribution < 1.29 is 4.39 Å².